The van der Waals surface area contributed by atoms with Crippen LogP contribution in [0.1, 0.15) is 239 Å². The van der Waals surface area contributed by atoms with Crippen LogP contribution in [0.2, 0.25) is 0 Å². The molecule has 0 amide bonds. The fraction of sp³-hybridized carbons (Fsp3) is 0.784. The predicted octanol–water partition coefficient (Wildman–Crippen LogP) is 15.5. The molecule has 0 spiro atoms. The summed E-state index contributed by atoms with van der Waals surface area (Å²) in [5.74, 6) is -0.923. The Hall–Kier alpha value is -2.63. The second-order valence-electron chi connectivity index (χ2n) is 16.0. The summed E-state index contributed by atoms with van der Waals surface area (Å²) < 4.78 is 16.7. The molecule has 57 heavy (non-hydrogen) atoms. The largest absolute Gasteiger partial charge is 0.462 e. The Morgan fingerprint density at radius 1 is 0.386 bits per heavy atom. The standard InChI is InChI=1S/C51H90O6/c1-4-7-10-13-16-19-21-22-23-24-25-26-27-28-30-32-35-38-41-44-50(53)56-47-48(46-55-49(52)43-40-37-34-31-18-15-12-9-6-3)57-51(54)45-42-39-36-33-29-20-17-14-11-8-5-2/h9,12,16,18-19,21-22,31,48H,4-8,10-11,13-15,17,20,23-30,32-47H2,1-3H3/b12-9-,19-16-,22-21-,31-18-. The van der Waals surface area contributed by atoms with Crippen LogP contribution in [0.5, 0.6) is 0 Å². The molecule has 0 aromatic rings. The highest BCUT2D eigenvalue weighted by Crippen LogP contribution is 2.15. The van der Waals surface area contributed by atoms with Gasteiger partial charge in [0, 0.05) is 19.3 Å². The summed E-state index contributed by atoms with van der Waals surface area (Å²) in [5.41, 5.74) is 0. The molecule has 0 fully saturated rings. The smallest absolute Gasteiger partial charge is 0.306 e. The van der Waals surface area contributed by atoms with Gasteiger partial charge < -0.3 is 14.2 Å². The zero-order chi connectivity index (χ0) is 41.5. The van der Waals surface area contributed by atoms with Crippen molar-refractivity contribution in [3.8, 4) is 0 Å². The Kier molecular flexibility index (Phi) is 43.9. The molecule has 0 N–H and O–H groups in total. The minimum atomic E-state index is -0.782. The molecule has 0 saturated carbocycles. The number of rotatable bonds is 43. The van der Waals surface area contributed by atoms with Gasteiger partial charge in [0.25, 0.3) is 0 Å². The third-order valence-corrected chi connectivity index (χ3v) is 10.3. The maximum Gasteiger partial charge on any atom is 0.306 e. The van der Waals surface area contributed by atoms with E-state index in [0.717, 1.165) is 70.6 Å². The third kappa shape index (κ3) is 44.3. The number of unbranched alkanes of at least 4 members (excludes halogenated alkanes) is 25. The van der Waals surface area contributed by atoms with Crippen molar-refractivity contribution in [2.24, 2.45) is 0 Å². The SMILES string of the molecule is CC/C=C\C/C=C\CCCCC(=O)OCC(COC(=O)CCCCCCCCCCCC/C=C\C=C/CCCCC)OC(=O)CCCCCCCCCCCCC. The van der Waals surface area contributed by atoms with Crippen molar-refractivity contribution in [1.29, 1.82) is 0 Å². The van der Waals surface area contributed by atoms with Crippen molar-refractivity contribution >= 4 is 17.9 Å². The van der Waals surface area contributed by atoms with Crippen LogP contribution < -0.4 is 0 Å². The summed E-state index contributed by atoms with van der Waals surface area (Å²) in [6.07, 6.45) is 53.9. The number of esters is 3. The van der Waals surface area contributed by atoms with Crippen LogP contribution in [-0.2, 0) is 28.6 Å². The first-order valence-corrected chi connectivity index (χ1v) is 24.2. The van der Waals surface area contributed by atoms with Crippen molar-refractivity contribution in [2.45, 2.75) is 245 Å². The maximum atomic E-state index is 12.7. The van der Waals surface area contributed by atoms with Crippen molar-refractivity contribution in [1.82, 2.24) is 0 Å². The van der Waals surface area contributed by atoms with Gasteiger partial charge in [-0.3, -0.25) is 14.4 Å². The monoisotopic (exact) mass is 799 g/mol. The zero-order valence-corrected chi connectivity index (χ0v) is 37.6. The number of hydrogen-bond acceptors (Lipinski definition) is 6. The molecule has 0 saturated heterocycles. The predicted molar refractivity (Wildman–Crippen MR) is 242 cm³/mol. The lowest BCUT2D eigenvalue weighted by Crippen LogP contribution is -2.30. The van der Waals surface area contributed by atoms with E-state index in [1.807, 2.05) is 0 Å². The highest BCUT2D eigenvalue weighted by molar-refractivity contribution is 5.71. The first kappa shape index (κ1) is 54.4. The van der Waals surface area contributed by atoms with E-state index in [-0.39, 0.29) is 31.1 Å². The van der Waals surface area contributed by atoms with E-state index in [4.69, 9.17) is 14.2 Å². The van der Waals surface area contributed by atoms with Crippen LogP contribution in [-0.4, -0.2) is 37.2 Å². The topological polar surface area (TPSA) is 78.9 Å². The van der Waals surface area contributed by atoms with Crippen molar-refractivity contribution in [2.75, 3.05) is 13.2 Å². The van der Waals surface area contributed by atoms with Gasteiger partial charge in [-0.1, -0.05) is 198 Å². The number of hydrogen-bond donors (Lipinski definition) is 0. The molecule has 0 rings (SSSR count). The van der Waals surface area contributed by atoms with Gasteiger partial charge in [0.05, 0.1) is 0 Å². The molecule has 6 heteroatoms. The lowest BCUT2D eigenvalue weighted by Gasteiger charge is -2.18. The summed E-state index contributed by atoms with van der Waals surface area (Å²) in [4.78, 5) is 37.7. The van der Waals surface area contributed by atoms with Gasteiger partial charge in [0.2, 0.25) is 0 Å². The molecule has 1 unspecified atom stereocenters. The molecule has 0 aromatic heterocycles. The molecule has 0 heterocycles. The molecular weight excluding hydrogens is 709 g/mol. The number of carbonyl (C=O) groups is 3. The molecule has 0 aromatic carbocycles. The molecule has 0 aliphatic carbocycles. The molecule has 0 bridgehead atoms. The van der Waals surface area contributed by atoms with Crippen LogP contribution >= 0.6 is 0 Å². The van der Waals surface area contributed by atoms with Crippen LogP contribution in [0.3, 0.4) is 0 Å². The van der Waals surface area contributed by atoms with E-state index in [1.165, 1.54) is 128 Å². The van der Waals surface area contributed by atoms with Crippen LogP contribution in [0.4, 0.5) is 0 Å². The normalized spacial score (nSPS) is 12.4. The van der Waals surface area contributed by atoms with Gasteiger partial charge in [-0.05, 0) is 70.6 Å². The fourth-order valence-electron chi connectivity index (χ4n) is 6.71. The van der Waals surface area contributed by atoms with E-state index < -0.39 is 6.10 Å². The quantitative estimate of drug-likeness (QED) is 0.0201. The number of carbonyl (C=O) groups excluding carboxylic acids is 3. The highest BCUT2D eigenvalue weighted by Gasteiger charge is 2.19. The van der Waals surface area contributed by atoms with Crippen molar-refractivity contribution in [3.63, 3.8) is 0 Å². The van der Waals surface area contributed by atoms with Gasteiger partial charge in [0.1, 0.15) is 13.2 Å². The Bertz CT molecular complexity index is 1010. The van der Waals surface area contributed by atoms with E-state index in [1.54, 1.807) is 0 Å². The Morgan fingerprint density at radius 3 is 1.23 bits per heavy atom. The summed E-state index contributed by atoms with van der Waals surface area (Å²) >= 11 is 0. The molecule has 0 aliphatic heterocycles. The van der Waals surface area contributed by atoms with Crippen LogP contribution in [0.25, 0.3) is 0 Å². The molecule has 1 atom stereocenters. The average Bonchev–Trinajstić information content (AvgIpc) is 3.21. The molecule has 0 aliphatic rings. The Labute approximate surface area is 352 Å². The maximum absolute atomic E-state index is 12.7. The summed E-state index contributed by atoms with van der Waals surface area (Å²) in [6.45, 7) is 6.45. The lowest BCUT2D eigenvalue weighted by atomic mass is 10.1. The first-order valence-electron chi connectivity index (χ1n) is 24.2. The van der Waals surface area contributed by atoms with E-state index in [9.17, 15) is 14.4 Å². The van der Waals surface area contributed by atoms with Gasteiger partial charge in [-0.25, -0.2) is 0 Å². The summed E-state index contributed by atoms with van der Waals surface area (Å²) in [5, 5.41) is 0. The molecule has 330 valence electrons. The van der Waals surface area contributed by atoms with Gasteiger partial charge in [0.15, 0.2) is 6.10 Å². The zero-order valence-electron chi connectivity index (χ0n) is 37.6. The summed E-state index contributed by atoms with van der Waals surface area (Å²) in [7, 11) is 0. The van der Waals surface area contributed by atoms with Gasteiger partial charge in [-0.2, -0.15) is 0 Å². The minimum Gasteiger partial charge on any atom is -0.462 e. The van der Waals surface area contributed by atoms with Crippen molar-refractivity contribution < 1.29 is 28.6 Å². The minimum absolute atomic E-state index is 0.0835. The van der Waals surface area contributed by atoms with E-state index in [0.29, 0.717) is 19.3 Å². The Morgan fingerprint density at radius 2 is 0.737 bits per heavy atom. The molecular formula is C51H90O6. The number of ether oxygens (including phenoxy) is 3. The van der Waals surface area contributed by atoms with Crippen LogP contribution in [0, 0.1) is 0 Å². The average molecular weight is 799 g/mol. The Balaban J connectivity index is 4.28. The van der Waals surface area contributed by atoms with Crippen LogP contribution in [0.15, 0.2) is 48.6 Å². The lowest BCUT2D eigenvalue weighted by molar-refractivity contribution is -0.167. The van der Waals surface area contributed by atoms with Gasteiger partial charge in [-0.15, -0.1) is 0 Å². The molecule has 6 nitrogen and oxygen atoms in total. The first-order chi connectivity index (χ1) is 28.0. The van der Waals surface area contributed by atoms with E-state index >= 15 is 0 Å². The van der Waals surface area contributed by atoms with Crippen molar-refractivity contribution in [3.05, 3.63) is 48.6 Å². The fourth-order valence-corrected chi connectivity index (χ4v) is 6.71. The summed E-state index contributed by atoms with van der Waals surface area (Å²) in [6, 6.07) is 0. The second-order valence-corrected chi connectivity index (χ2v) is 16.0. The third-order valence-electron chi connectivity index (χ3n) is 10.3. The molecule has 0 radical (unpaired) electrons. The highest BCUT2D eigenvalue weighted by atomic mass is 16.6. The second kappa shape index (κ2) is 46.1. The number of allylic oxidation sites excluding steroid dienone is 8. The van der Waals surface area contributed by atoms with Gasteiger partial charge >= 0.3 is 17.9 Å². The van der Waals surface area contributed by atoms with E-state index in [2.05, 4.69) is 69.4 Å².